The zero-order valence-corrected chi connectivity index (χ0v) is 20.2. The molecular formula is C27H25FN6O2. The molecule has 0 saturated heterocycles. The van der Waals surface area contributed by atoms with Crippen molar-refractivity contribution in [1.82, 2.24) is 24.7 Å². The molecule has 1 amide bonds. The summed E-state index contributed by atoms with van der Waals surface area (Å²) < 4.78 is 21.9. The fourth-order valence-corrected chi connectivity index (χ4v) is 3.81. The topological polar surface area (TPSA) is 98.2 Å². The number of amides is 1. The summed E-state index contributed by atoms with van der Waals surface area (Å²) in [5, 5.41) is 10.9. The van der Waals surface area contributed by atoms with Gasteiger partial charge >= 0.3 is 0 Å². The van der Waals surface area contributed by atoms with E-state index in [2.05, 4.69) is 25.5 Å². The summed E-state index contributed by atoms with van der Waals surface area (Å²) in [6, 6.07) is 12.3. The van der Waals surface area contributed by atoms with E-state index in [0.29, 0.717) is 35.0 Å². The largest absolute Gasteiger partial charge is 0.359 e. The number of hydrogen-bond acceptors (Lipinski definition) is 6. The van der Waals surface area contributed by atoms with Crippen LogP contribution in [0.15, 0.2) is 71.8 Å². The normalized spacial score (nSPS) is 11.7. The highest BCUT2D eigenvalue weighted by molar-refractivity contribution is 5.91. The highest BCUT2D eigenvalue weighted by atomic mass is 19.1. The predicted octanol–water partition coefficient (Wildman–Crippen LogP) is 4.99. The molecule has 5 aromatic rings. The fraction of sp³-hybridized carbons (Fsp3) is 0.222. The van der Waals surface area contributed by atoms with Crippen LogP contribution < -0.4 is 5.32 Å². The first-order valence-electron chi connectivity index (χ1n) is 11.5. The van der Waals surface area contributed by atoms with E-state index in [-0.39, 0.29) is 23.3 Å². The number of nitrogens with zero attached hydrogens (tertiary/aromatic N) is 5. The first-order chi connectivity index (χ1) is 17.3. The highest BCUT2D eigenvalue weighted by Gasteiger charge is 2.20. The van der Waals surface area contributed by atoms with Gasteiger partial charge in [0.25, 0.3) is 0 Å². The van der Waals surface area contributed by atoms with Crippen molar-refractivity contribution >= 4 is 17.2 Å². The van der Waals surface area contributed by atoms with Crippen LogP contribution in [0.3, 0.4) is 0 Å². The first kappa shape index (κ1) is 23.3. The zero-order valence-electron chi connectivity index (χ0n) is 20.2. The number of aromatic nitrogens is 5. The van der Waals surface area contributed by atoms with Gasteiger partial charge in [-0.3, -0.25) is 4.79 Å². The molecule has 0 bridgehead atoms. The van der Waals surface area contributed by atoms with Gasteiger partial charge in [0, 0.05) is 47.6 Å². The number of nitrogens with one attached hydrogen (secondary N) is 1. The number of benzene rings is 1. The second-order valence-electron chi connectivity index (χ2n) is 9.62. The van der Waals surface area contributed by atoms with E-state index in [1.807, 2.05) is 55.9 Å². The lowest BCUT2D eigenvalue weighted by Gasteiger charge is -2.12. The third-order valence-electron chi connectivity index (χ3n) is 5.81. The summed E-state index contributed by atoms with van der Waals surface area (Å²) >= 11 is 0. The molecule has 0 radical (unpaired) electrons. The Kier molecular flexibility index (Phi) is 6.05. The van der Waals surface area contributed by atoms with Crippen molar-refractivity contribution in [3.8, 4) is 11.1 Å². The van der Waals surface area contributed by atoms with Crippen molar-refractivity contribution in [3.63, 3.8) is 0 Å². The predicted molar refractivity (Wildman–Crippen MR) is 133 cm³/mol. The quantitative estimate of drug-likeness (QED) is 0.365. The molecule has 9 heteroatoms. The number of pyridine rings is 1. The van der Waals surface area contributed by atoms with E-state index in [1.54, 1.807) is 30.6 Å². The number of carbonyl (C=O) groups excluding carboxylic acids is 1. The standard InChI is InChI=1S/C27H25FN6O2/c1-27(2,3)23-13-25(33-36-23)32-26(35)12-18-8-7-17(10-21(18)28)20-14-29-24(30-15-20)11-19-16-31-34-9-5-4-6-22(19)34/h4-10,13-16H,11-12H2,1-3H3,(H,32,33,35). The van der Waals surface area contributed by atoms with Gasteiger partial charge in [-0.25, -0.2) is 18.9 Å². The monoisotopic (exact) mass is 484 g/mol. The van der Waals surface area contributed by atoms with Crippen LogP contribution in [0.2, 0.25) is 0 Å². The molecule has 0 unspecified atom stereocenters. The molecule has 4 heterocycles. The van der Waals surface area contributed by atoms with E-state index in [1.165, 1.54) is 6.07 Å². The van der Waals surface area contributed by atoms with Crippen LogP contribution in [0.5, 0.6) is 0 Å². The number of hydrogen-bond donors (Lipinski definition) is 1. The average molecular weight is 485 g/mol. The van der Waals surface area contributed by atoms with Crippen molar-refractivity contribution in [2.75, 3.05) is 5.32 Å². The summed E-state index contributed by atoms with van der Waals surface area (Å²) in [6.45, 7) is 5.95. The zero-order chi connectivity index (χ0) is 25.3. The minimum atomic E-state index is -0.478. The van der Waals surface area contributed by atoms with Gasteiger partial charge in [-0.1, -0.05) is 44.1 Å². The lowest BCUT2D eigenvalue weighted by atomic mass is 9.93. The molecule has 1 N–H and O–H groups in total. The lowest BCUT2D eigenvalue weighted by molar-refractivity contribution is -0.115. The van der Waals surface area contributed by atoms with Gasteiger partial charge in [0.05, 0.1) is 18.1 Å². The number of anilines is 1. The smallest absolute Gasteiger partial charge is 0.230 e. The van der Waals surface area contributed by atoms with Gasteiger partial charge in [-0.15, -0.1) is 0 Å². The van der Waals surface area contributed by atoms with Gasteiger partial charge in [0.15, 0.2) is 5.82 Å². The van der Waals surface area contributed by atoms with Crippen LogP contribution in [0.1, 0.15) is 43.5 Å². The highest BCUT2D eigenvalue weighted by Crippen LogP contribution is 2.25. The van der Waals surface area contributed by atoms with E-state index in [4.69, 9.17) is 4.52 Å². The Morgan fingerprint density at radius 2 is 1.83 bits per heavy atom. The maximum absolute atomic E-state index is 14.8. The first-order valence-corrected chi connectivity index (χ1v) is 11.5. The van der Waals surface area contributed by atoms with Crippen LogP contribution in [-0.4, -0.2) is 30.6 Å². The van der Waals surface area contributed by atoms with Gasteiger partial charge < -0.3 is 9.84 Å². The summed E-state index contributed by atoms with van der Waals surface area (Å²) in [6.07, 6.45) is 7.46. The fourth-order valence-electron chi connectivity index (χ4n) is 3.81. The van der Waals surface area contributed by atoms with Gasteiger partial charge in [-0.2, -0.15) is 5.10 Å². The minimum Gasteiger partial charge on any atom is -0.359 e. The van der Waals surface area contributed by atoms with Crippen molar-refractivity contribution in [3.05, 3.63) is 95.8 Å². The number of fused-ring (bicyclic) bond motifs is 1. The molecule has 0 spiro atoms. The Morgan fingerprint density at radius 1 is 1.03 bits per heavy atom. The van der Waals surface area contributed by atoms with Crippen LogP contribution >= 0.6 is 0 Å². The van der Waals surface area contributed by atoms with Gasteiger partial charge in [0.1, 0.15) is 17.4 Å². The van der Waals surface area contributed by atoms with Crippen molar-refractivity contribution in [1.29, 1.82) is 0 Å². The lowest BCUT2D eigenvalue weighted by Crippen LogP contribution is -2.15. The van der Waals surface area contributed by atoms with E-state index >= 15 is 0 Å². The molecule has 5 rings (SSSR count). The summed E-state index contributed by atoms with van der Waals surface area (Å²) in [4.78, 5) is 21.3. The van der Waals surface area contributed by atoms with Crippen molar-refractivity contribution < 1.29 is 13.7 Å². The molecule has 36 heavy (non-hydrogen) atoms. The Balaban J connectivity index is 1.24. The molecule has 182 valence electrons. The molecule has 0 aliphatic carbocycles. The number of halogens is 1. The Bertz CT molecular complexity index is 1530. The minimum absolute atomic E-state index is 0.126. The van der Waals surface area contributed by atoms with Crippen LogP contribution in [-0.2, 0) is 23.1 Å². The molecule has 8 nitrogen and oxygen atoms in total. The Hall–Kier alpha value is -4.40. The average Bonchev–Trinajstić information content (AvgIpc) is 3.48. The summed E-state index contributed by atoms with van der Waals surface area (Å²) in [5.74, 6) is 0.752. The molecule has 0 fully saturated rings. The molecule has 1 aromatic carbocycles. The Labute approximate surface area is 207 Å². The third-order valence-corrected chi connectivity index (χ3v) is 5.81. The molecule has 0 atom stereocenters. The van der Waals surface area contributed by atoms with Gasteiger partial charge in [-0.05, 0) is 29.3 Å². The Morgan fingerprint density at radius 3 is 2.56 bits per heavy atom. The van der Waals surface area contributed by atoms with E-state index < -0.39 is 5.82 Å². The number of carbonyl (C=O) groups is 1. The second kappa shape index (κ2) is 9.33. The molecular weight excluding hydrogens is 459 g/mol. The molecule has 4 aromatic heterocycles. The molecule has 0 aliphatic rings. The molecule has 0 saturated carbocycles. The maximum Gasteiger partial charge on any atom is 0.230 e. The summed E-state index contributed by atoms with van der Waals surface area (Å²) in [5.41, 5.74) is 3.40. The third kappa shape index (κ3) is 5.00. The van der Waals surface area contributed by atoms with Crippen LogP contribution in [0.25, 0.3) is 16.6 Å². The SMILES string of the molecule is CC(C)(C)c1cc(NC(=O)Cc2ccc(-c3cnc(Cc4cnn5ccccc45)nc3)cc2F)no1. The molecule has 0 aliphatic heterocycles. The van der Waals surface area contributed by atoms with Crippen molar-refractivity contribution in [2.24, 2.45) is 0 Å². The second-order valence-corrected chi connectivity index (χ2v) is 9.62. The van der Waals surface area contributed by atoms with Crippen molar-refractivity contribution in [2.45, 2.75) is 39.0 Å². The van der Waals surface area contributed by atoms with E-state index in [9.17, 15) is 9.18 Å². The summed E-state index contributed by atoms with van der Waals surface area (Å²) in [7, 11) is 0. The van der Waals surface area contributed by atoms with Crippen LogP contribution in [0, 0.1) is 5.82 Å². The number of rotatable bonds is 6. The van der Waals surface area contributed by atoms with Crippen LogP contribution in [0.4, 0.5) is 10.2 Å². The van der Waals surface area contributed by atoms with E-state index in [0.717, 1.165) is 11.1 Å². The maximum atomic E-state index is 14.8. The van der Waals surface area contributed by atoms with Gasteiger partial charge in [0.2, 0.25) is 5.91 Å².